The second-order valence-electron chi connectivity index (χ2n) is 5.39. The van der Waals surface area contributed by atoms with Crippen LogP contribution in [-0.2, 0) is 20.0 Å². The van der Waals surface area contributed by atoms with Gasteiger partial charge in [-0.15, -0.1) is 0 Å². The average molecular weight is 345 g/mol. The minimum absolute atomic E-state index is 0.250. The van der Waals surface area contributed by atoms with Gasteiger partial charge in [-0.1, -0.05) is 48.5 Å². The number of H-pyrrole nitrogens is 1. The number of fused-ring (bicyclic) bond motifs is 1. The highest BCUT2D eigenvalue weighted by molar-refractivity contribution is 7.52. The number of para-hydroxylation sites is 1. The van der Waals surface area contributed by atoms with Crippen molar-refractivity contribution in [2.45, 2.75) is 12.3 Å². The first-order valence-corrected chi connectivity index (χ1v) is 9.05. The van der Waals surface area contributed by atoms with Crippen molar-refractivity contribution in [3.8, 4) is 0 Å². The number of carboxylic acid groups (broad SMARTS) is 1. The van der Waals surface area contributed by atoms with Crippen LogP contribution in [0.5, 0.6) is 0 Å². The van der Waals surface area contributed by atoms with E-state index < -0.39 is 19.7 Å². The fourth-order valence-electron chi connectivity index (χ4n) is 2.56. The predicted octanol–water partition coefficient (Wildman–Crippen LogP) is 3.70. The molecule has 0 bridgehead atoms. The normalized spacial score (nSPS) is 15.0. The van der Waals surface area contributed by atoms with Crippen LogP contribution in [-0.4, -0.2) is 21.0 Å². The first-order chi connectivity index (χ1) is 11.5. The van der Waals surface area contributed by atoms with Gasteiger partial charge in [0.15, 0.2) is 6.10 Å². The second-order valence-corrected chi connectivity index (χ2v) is 7.20. The van der Waals surface area contributed by atoms with Crippen LogP contribution >= 0.6 is 7.60 Å². The molecule has 24 heavy (non-hydrogen) atoms. The Hall–Kier alpha value is -2.40. The number of nitrogens with one attached hydrogen (secondary N) is 1. The number of hydrogen-bond acceptors (Lipinski definition) is 3. The van der Waals surface area contributed by atoms with E-state index in [1.165, 1.54) is 6.20 Å². The number of aromatic amines is 1. The van der Waals surface area contributed by atoms with Crippen LogP contribution in [0.3, 0.4) is 0 Å². The zero-order valence-electron chi connectivity index (χ0n) is 12.6. The van der Waals surface area contributed by atoms with Crippen molar-refractivity contribution in [1.82, 2.24) is 4.98 Å². The van der Waals surface area contributed by atoms with E-state index in [0.29, 0.717) is 16.5 Å². The maximum absolute atomic E-state index is 12.4. The average Bonchev–Trinajstić information content (AvgIpc) is 2.97. The molecular formula is C17H16NO5P. The molecule has 124 valence electrons. The fraction of sp³-hybridized carbons (Fsp3) is 0.118. The SMILES string of the molecule is O=C(O)C(OP(=O)(O)Cc1ccccc1)c1c[nH]c2ccccc12. The lowest BCUT2D eigenvalue weighted by atomic mass is 10.1. The molecule has 3 rings (SSSR count). The summed E-state index contributed by atoms with van der Waals surface area (Å²) < 4.78 is 17.5. The lowest BCUT2D eigenvalue weighted by Gasteiger charge is -2.18. The maximum atomic E-state index is 12.4. The molecule has 0 spiro atoms. The second kappa shape index (κ2) is 6.61. The van der Waals surface area contributed by atoms with Crippen molar-refractivity contribution in [2.75, 3.05) is 0 Å². The summed E-state index contributed by atoms with van der Waals surface area (Å²) in [7, 11) is -4.14. The first kappa shape index (κ1) is 16.5. The largest absolute Gasteiger partial charge is 0.479 e. The van der Waals surface area contributed by atoms with Gasteiger partial charge in [-0.2, -0.15) is 0 Å². The molecule has 0 fully saturated rings. The van der Waals surface area contributed by atoms with Gasteiger partial charge in [-0.25, -0.2) is 4.79 Å². The van der Waals surface area contributed by atoms with Gasteiger partial charge in [-0.3, -0.25) is 9.09 Å². The molecular weight excluding hydrogens is 329 g/mol. The molecule has 0 saturated carbocycles. The van der Waals surface area contributed by atoms with Gasteiger partial charge in [0, 0.05) is 22.7 Å². The Labute approximate surface area is 138 Å². The number of carboxylic acids is 1. The smallest absolute Gasteiger partial charge is 0.338 e. The standard InChI is InChI=1S/C17H16NO5P/c19-17(20)16(14-10-18-15-9-5-4-8-13(14)15)23-24(21,22)11-12-6-2-1-3-7-12/h1-10,16,18H,11H2,(H,19,20)(H,21,22). The highest BCUT2D eigenvalue weighted by Gasteiger charge is 2.32. The summed E-state index contributed by atoms with van der Waals surface area (Å²) in [5.74, 6) is -1.32. The van der Waals surface area contributed by atoms with E-state index in [-0.39, 0.29) is 6.16 Å². The number of carbonyl (C=O) groups is 1. The van der Waals surface area contributed by atoms with Gasteiger partial charge in [0.25, 0.3) is 0 Å². The highest BCUT2D eigenvalue weighted by atomic mass is 31.2. The minimum atomic E-state index is -4.14. The maximum Gasteiger partial charge on any atom is 0.338 e. The summed E-state index contributed by atoms with van der Waals surface area (Å²) >= 11 is 0. The van der Waals surface area contributed by atoms with E-state index in [1.807, 2.05) is 6.07 Å². The molecule has 0 amide bonds. The van der Waals surface area contributed by atoms with Crippen molar-refractivity contribution in [2.24, 2.45) is 0 Å². The Balaban J connectivity index is 1.89. The van der Waals surface area contributed by atoms with E-state index in [4.69, 9.17) is 4.52 Å². The van der Waals surface area contributed by atoms with E-state index in [9.17, 15) is 19.4 Å². The van der Waals surface area contributed by atoms with Crippen LogP contribution < -0.4 is 0 Å². The minimum Gasteiger partial charge on any atom is -0.479 e. The molecule has 1 aromatic heterocycles. The molecule has 2 atom stereocenters. The Morgan fingerprint density at radius 3 is 2.50 bits per heavy atom. The third-order valence-electron chi connectivity index (χ3n) is 3.62. The number of aromatic nitrogens is 1. The Bertz CT molecular complexity index is 905. The van der Waals surface area contributed by atoms with Crippen LogP contribution in [0.15, 0.2) is 60.8 Å². The van der Waals surface area contributed by atoms with E-state index >= 15 is 0 Å². The highest BCUT2D eigenvalue weighted by Crippen LogP contribution is 2.50. The Morgan fingerprint density at radius 2 is 1.79 bits per heavy atom. The quantitative estimate of drug-likeness (QED) is 0.592. The molecule has 0 saturated heterocycles. The van der Waals surface area contributed by atoms with Crippen molar-refractivity contribution in [1.29, 1.82) is 0 Å². The third-order valence-corrected chi connectivity index (χ3v) is 4.93. The first-order valence-electron chi connectivity index (χ1n) is 7.29. The third kappa shape index (κ3) is 3.57. The summed E-state index contributed by atoms with van der Waals surface area (Å²) in [5, 5.41) is 10.1. The monoisotopic (exact) mass is 345 g/mol. The summed E-state index contributed by atoms with van der Waals surface area (Å²) in [5.41, 5.74) is 1.66. The summed E-state index contributed by atoms with van der Waals surface area (Å²) in [6.07, 6.45) is -0.285. The van der Waals surface area contributed by atoms with Crippen LogP contribution in [0.4, 0.5) is 0 Å². The zero-order chi connectivity index (χ0) is 17.2. The molecule has 6 nitrogen and oxygen atoms in total. The molecule has 3 aromatic rings. The molecule has 0 aliphatic carbocycles. The molecule has 2 unspecified atom stereocenters. The van der Waals surface area contributed by atoms with E-state index in [2.05, 4.69) is 4.98 Å². The van der Waals surface area contributed by atoms with Crippen LogP contribution in [0.25, 0.3) is 10.9 Å². The predicted molar refractivity (Wildman–Crippen MR) is 89.7 cm³/mol. The van der Waals surface area contributed by atoms with Crippen LogP contribution in [0.2, 0.25) is 0 Å². The van der Waals surface area contributed by atoms with E-state index in [0.717, 1.165) is 5.52 Å². The van der Waals surface area contributed by atoms with Gasteiger partial charge in [0.05, 0.1) is 6.16 Å². The Kier molecular flexibility index (Phi) is 4.53. The molecule has 1 heterocycles. The lowest BCUT2D eigenvalue weighted by Crippen LogP contribution is -2.14. The van der Waals surface area contributed by atoms with Gasteiger partial charge < -0.3 is 15.0 Å². The molecule has 0 aliphatic heterocycles. The van der Waals surface area contributed by atoms with E-state index in [1.54, 1.807) is 48.5 Å². The van der Waals surface area contributed by atoms with Gasteiger partial charge in [0.2, 0.25) is 0 Å². The molecule has 7 heteroatoms. The van der Waals surface area contributed by atoms with Crippen LogP contribution in [0.1, 0.15) is 17.2 Å². The van der Waals surface area contributed by atoms with Gasteiger partial charge in [0.1, 0.15) is 0 Å². The zero-order valence-corrected chi connectivity index (χ0v) is 13.5. The van der Waals surface area contributed by atoms with Crippen molar-refractivity contribution in [3.05, 3.63) is 71.9 Å². The fourth-order valence-corrected chi connectivity index (χ4v) is 3.84. The van der Waals surface area contributed by atoms with Crippen molar-refractivity contribution >= 4 is 24.5 Å². The van der Waals surface area contributed by atoms with Crippen molar-refractivity contribution < 1.29 is 23.9 Å². The van der Waals surface area contributed by atoms with Gasteiger partial charge >= 0.3 is 13.6 Å². The molecule has 0 radical (unpaired) electrons. The molecule has 3 N–H and O–H groups in total. The Morgan fingerprint density at radius 1 is 1.12 bits per heavy atom. The van der Waals surface area contributed by atoms with Crippen molar-refractivity contribution in [3.63, 3.8) is 0 Å². The summed E-state index contributed by atoms with van der Waals surface area (Å²) in [6.45, 7) is 0. The summed E-state index contributed by atoms with van der Waals surface area (Å²) in [4.78, 5) is 24.7. The number of aliphatic carboxylic acids is 1. The number of benzene rings is 2. The molecule has 0 aliphatic rings. The topological polar surface area (TPSA) is 99.6 Å². The summed E-state index contributed by atoms with van der Waals surface area (Å²) in [6, 6.07) is 15.8. The molecule has 2 aromatic carbocycles. The van der Waals surface area contributed by atoms with Crippen LogP contribution in [0, 0.1) is 0 Å². The number of rotatable bonds is 6. The lowest BCUT2D eigenvalue weighted by molar-refractivity contribution is -0.145. The number of hydrogen-bond donors (Lipinski definition) is 3. The van der Waals surface area contributed by atoms with Gasteiger partial charge in [-0.05, 0) is 11.6 Å².